The summed E-state index contributed by atoms with van der Waals surface area (Å²) in [5, 5.41) is 103. The average molecular weight is 1340 g/mol. The second kappa shape index (κ2) is 35.6. The summed E-state index contributed by atoms with van der Waals surface area (Å²) in [4.78, 5) is 101. The van der Waals surface area contributed by atoms with E-state index < -0.39 is 134 Å². The Kier molecular flexibility index (Phi) is 27.9. The maximum Gasteiger partial charge on any atom is 0.364 e. The van der Waals surface area contributed by atoms with Crippen molar-refractivity contribution in [3.63, 3.8) is 0 Å². The number of thioether (sulfide) groups is 2. The molecule has 2 heterocycles. The van der Waals surface area contributed by atoms with E-state index in [-0.39, 0.29) is 55.5 Å². The molecule has 0 saturated carbocycles. The Morgan fingerprint density at radius 1 is 0.511 bits per heavy atom. The fourth-order valence-electron chi connectivity index (χ4n) is 10.5. The molecule has 5 aromatic rings. The molecule has 506 valence electrons. The first-order valence-corrected chi connectivity index (χ1v) is 32.7. The summed E-state index contributed by atoms with van der Waals surface area (Å²) >= 11 is 2.80. The highest BCUT2D eigenvalue weighted by Crippen LogP contribution is 2.36. The minimum Gasteiger partial charge on any atom is -0.477 e. The summed E-state index contributed by atoms with van der Waals surface area (Å²) in [5.41, 5.74) is 4.93. The number of hydrogen-bond acceptors (Lipinski definition) is 20. The number of benzene rings is 5. The van der Waals surface area contributed by atoms with Crippen molar-refractivity contribution >= 4 is 76.6 Å². The molecule has 0 bridgehead atoms. The molecule has 2 fully saturated rings. The Balaban J connectivity index is 0.773. The van der Waals surface area contributed by atoms with E-state index in [1.165, 1.54) is 35.7 Å². The molecule has 2 saturated heterocycles. The Labute approximate surface area is 550 Å². The molecule has 5 aromatic carbocycles. The summed E-state index contributed by atoms with van der Waals surface area (Å²) in [6, 6.07) is 35.9. The number of carboxylic acid groups (broad SMARTS) is 2. The number of carbonyl (C=O) groups is 8. The SMILES string of the molecule is CC(=O)N[C@@H]1[C@H]([C@H](O)[C@@H](O)CNC(=O)c2ccc(-c3ccccc3)cc2)O[C@@](OCCCSCCNC(=O)c2ccc(NC(=O)CCSCCCO[C@]3(C(=O)O)C[C@H](O)[C@@H](NC(C)=O)[C@H]([C@H](O)[C@H](O)CNC(=O)c4ccc(-c5ccccc5)cc4)O3)cc2)(C(=O)O)C[C@@H]1O. The average Bonchev–Trinajstić information content (AvgIpc) is 0.780. The highest BCUT2D eigenvalue weighted by Gasteiger charge is 2.57. The molecule has 26 nitrogen and oxygen atoms in total. The fraction of sp³-hybridized carbons (Fsp3) is 0.424. The zero-order valence-electron chi connectivity index (χ0n) is 51.7. The van der Waals surface area contributed by atoms with Crippen LogP contribution in [0.1, 0.15) is 77.0 Å². The first-order chi connectivity index (χ1) is 45.0. The van der Waals surface area contributed by atoms with E-state index in [2.05, 4.69) is 31.9 Å². The lowest BCUT2D eigenvalue weighted by Gasteiger charge is -2.46. The van der Waals surface area contributed by atoms with Gasteiger partial charge in [0.25, 0.3) is 29.3 Å². The maximum absolute atomic E-state index is 13.0. The molecule has 0 unspecified atom stereocenters. The molecule has 7 rings (SSSR count). The smallest absolute Gasteiger partial charge is 0.364 e. The molecule has 0 spiro atoms. The van der Waals surface area contributed by atoms with Crippen LogP contribution >= 0.6 is 23.5 Å². The number of anilines is 1. The summed E-state index contributed by atoms with van der Waals surface area (Å²) in [6.45, 7) is 1.16. The Bertz CT molecular complexity index is 3320. The van der Waals surface area contributed by atoms with Gasteiger partial charge in [0.15, 0.2) is 0 Å². The Hall–Kier alpha value is -7.84. The van der Waals surface area contributed by atoms with Crippen molar-refractivity contribution in [2.45, 2.75) is 118 Å². The quantitative estimate of drug-likeness (QED) is 0.0263. The molecule has 6 amide bonds. The van der Waals surface area contributed by atoms with E-state index >= 15 is 0 Å². The molecule has 2 aliphatic heterocycles. The monoisotopic (exact) mass is 1340 g/mol. The van der Waals surface area contributed by atoms with Crippen LogP contribution in [0, 0.1) is 0 Å². The van der Waals surface area contributed by atoms with Gasteiger partial charge in [-0.05, 0) is 95.1 Å². The van der Waals surface area contributed by atoms with Crippen LogP contribution in [0.15, 0.2) is 133 Å². The molecule has 14 N–H and O–H groups in total. The van der Waals surface area contributed by atoms with Crippen molar-refractivity contribution in [2.75, 3.05) is 61.2 Å². The van der Waals surface area contributed by atoms with Crippen LogP contribution in [0.5, 0.6) is 0 Å². The number of aliphatic hydroxyl groups excluding tert-OH is 6. The lowest BCUT2D eigenvalue weighted by atomic mass is 9.88. The largest absolute Gasteiger partial charge is 0.477 e. The molecular weight excluding hydrogens is 1260 g/mol. The zero-order chi connectivity index (χ0) is 68.0. The number of carbonyl (C=O) groups excluding carboxylic acids is 6. The van der Waals surface area contributed by atoms with E-state index in [0.29, 0.717) is 40.7 Å². The van der Waals surface area contributed by atoms with E-state index in [4.69, 9.17) is 18.9 Å². The van der Waals surface area contributed by atoms with Crippen LogP contribution in [0.25, 0.3) is 22.3 Å². The van der Waals surface area contributed by atoms with E-state index in [9.17, 15) is 79.2 Å². The highest BCUT2D eigenvalue weighted by atomic mass is 32.2. The molecule has 0 aromatic heterocycles. The number of ether oxygens (including phenoxy) is 4. The van der Waals surface area contributed by atoms with Crippen LogP contribution in [-0.2, 0) is 42.9 Å². The normalized spacial score (nSPS) is 22.3. The minimum atomic E-state index is -2.50. The van der Waals surface area contributed by atoms with E-state index in [1.54, 1.807) is 60.7 Å². The number of hydrogen-bond donors (Lipinski definition) is 14. The fourth-order valence-corrected chi connectivity index (χ4v) is 12.1. The summed E-state index contributed by atoms with van der Waals surface area (Å²) < 4.78 is 23.2. The van der Waals surface area contributed by atoms with Crippen molar-refractivity contribution < 1.29 is 98.2 Å². The van der Waals surface area contributed by atoms with Gasteiger partial charge < -0.3 is 91.7 Å². The predicted molar refractivity (Wildman–Crippen MR) is 347 cm³/mol. The van der Waals surface area contributed by atoms with Crippen molar-refractivity contribution in [1.82, 2.24) is 26.6 Å². The van der Waals surface area contributed by atoms with Gasteiger partial charge in [0.05, 0.1) is 49.7 Å². The summed E-state index contributed by atoms with van der Waals surface area (Å²) in [5.74, 6) is -9.65. The first-order valence-electron chi connectivity index (χ1n) is 30.4. The predicted octanol–water partition coefficient (Wildman–Crippen LogP) is 2.53. The zero-order valence-corrected chi connectivity index (χ0v) is 53.3. The molecule has 12 atom stereocenters. The van der Waals surface area contributed by atoms with Gasteiger partial charge in [0.1, 0.15) is 24.4 Å². The Morgan fingerprint density at radius 3 is 1.28 bits per heavy atom. The molecule has 0 radical (unpaired) electrons. The molecule has 28 heteroatoms. The lowest BCUT2D eigenvalue weighted by Crippen LogP contribution is -2.68. The van der Waals surface area contributed by atoms with Crippen molar-refractivity contribution in [3.05, 3.63) is 150 Å². The van der Waals surface area contributed by atoms with Gasteiger partial charge in [-0.1, -0.05) is 84.9 Å². The van der Waals surface area contributed by atoms with Crippen molar-refractivity contribution in [2.24, 2.45) is 0 Å². The van der Waals surface area contributed by atoms with Gasteiger partial charge >= 0.3 is 11.9 Å². The molecule has 2 aliphatic rings. The first kappa shape index (κ1) is 73.6. The van der Waals surface area contributed by atoms with Crippen LogP contribution in [-0.4, -0.2) is 217 Å². The third kappa shape index (κ3) is 20.8. The second-order valence-corrected chi connectivity index (χ2v) is 24.9. The topological polar surface area (TPSA) is 408 Å². The number of carboxylic acids is 2. The third-order valence-electron chi connectivity index (χ3n) is 15.4. The van der Waals surface area contributed by atoms with Gasteiger partial charge in [-0.2, -0.15) is 23.5 Å². The number of aliphatic carboxylic acids is 2. The van der Waals surface area contributed by atoms with E-state index in [0.717, 1.165) is 36.1 Å². The highest BCUT2D eigenvalue weighted by molar-refractivity contribution is 7.99. The standard InChI is InChI=1S/C66H80N6O20S2/c1-39(73)70-54-49(75)35-65(63(85)86,91-58(54)56(80)51(77)37-68-61(83)45-19-15-43(16-20-45)41-11-5-3-6-12-41)89-29-9-31-93-33-27-53(79)72-48-25-23-47(24-26-48)60(82)67-28-34-94-32-10-30-90-66(64(87)88)36-50(76)55(71-40(2)74)59(92-66)57(81)52(78)38-69-62(84)46-21-17-44(18-22-46)42-13-7-4-8-14-42/h3-8,11-26,49-52,54-59,75-78,80-81H,9-10,27-38H2,1-2H3,(H,67,82)(H,68,83)(H,69,84)(H,70,73)(H,71,74)(H,72,79)(H,85,86)(H,87,88)/t49-,50-,51+,52-,54+,55-,56+,57+,58+,59+,65+,66+/m0/s1. The summed E-state index contributed by atoms with van der Waals surface area (Å²) in [6.07, 6.45) is -14.6. The molecule has 0 aliphatic carbocycles. The van der Waals surface area contributed by atoms with Gasteiger partial charge in [0, 0.05) is 86.6 Å². The van der Waals surface area contributed by atoms with Crippen molar-refractivity contribution in [1.29, 1.82) is 0 Å². The van der Waals surface area contributed by atoms with Crippen LogP contribution in [0.4, 0.5) is 5.69 Å². The van der Waals surface area contributed by atoms with Gasteiger partial charge in [-0.15, -0.1) is 0 Å². The Morgan fingerprint density at radius 2 is 0.883 bits per heavy atom. The van der Waals surface area contributed by atoms with Crippen LogP contribution in [0.3, 0.4) is 0 Å². The van der Waals surface area contributed by atoms with E-state index in [1.807, 2.05) is 60.7 Å². The van der Waals surface area contributed by atoms with Crippen molar-refractivity contribution in [3.8, 4) is 22.3 Å². The third-order valence-corrected chi connectivity index (χ3v) is 17.6. The van der Waals surface area contributed by atoms with Gasteiger partial charge in [-0.3, -0.25) is 28.8 Å². The maximum atomic E-state index is 13.0. The number of aliphatic hydroxyl groups is 6. The molecular formula is C66H80N6O20S2. The second-order valence-electron chi connectivity index (χ2n) is 22.5. The number of rotatable bonds is 34. The van der Waals surface area contributed by atoms with Gasteiger partial charge in [0.2, 0.25) is 17.7 Å². The summed E-state index contributed by atoms with van der Waals surface area (Å²) in [7, 11) is 0. The number of amides is 6. The van der Waals surface area contributed by atoms with Crippen LogP contribution < -0.4 is 31.9 Å². The molecule has 94 heavy (non-hydrogen) atoms. The lowest BCUT2D eigenvalue weighted by molar-refractivity contribution is -0.310. The van der Waals surface area contributed by atoms with Crippen LogP contribution in [0.2, 0.25) is 0 Å². The number of nitrogens with one attached hydrogen (secondary N) is 6. The van der Waals surface area contributed by atoms with Gasteiger partial charge in [-0.25, -0.2) is 9.59 Å². The minimum absolute atomic E-state index is 0.101.